The molecular weight excluding hydrogens is 164 g/mol. The molecule has 0 atom stereocenters. The second-order valence-electron chi connectivity index (χ2n) is 2.63. The zero-order valence-electron chi connectivity index (χ0n) is 6.81. The van der Waals surface area contributed by atoms with Gasteiger partial charge in [0.15, 0.2) is 0 Å². The van der Waals surface area contributed by atoms with E-state index in [1.54, 1.807) is 6.20 Å². The van der Waals surface area contributed by atoms with Gasteiger partial charge in [0.05, 0.1) is 11.7 Å². The largest absolute Gasteiger partial charge is 0.411 e. The van der Waals surface area contributed by atoms with E-state index in [1.807, 2.05) is 24.3 Å². The van der Waals surface area contributed by atoms with Crippen molar-refractivity contribution in [2.24, 2.45) is 5.16 Å². The maximum absolute atomic E-state index is 8.34. The van der Waals surface area contributed by atoms with Crippen LogP contribution < -0.4 is 0 Å². The third-order valence-electron chi connectivity index (χ3n) is 1.78. The van der Waals surface area contributed by atoms with Crippen molar-refractivity contribution in [3.8, 4) is 0 Å². The second-order valence-corrected chi connectivity index (χ2v) is 2.63. The van der Waals surface area contributed by atoms with Crippen molar-refractivity contribution >= 4 is 17.1 Å². The van der Waals surface area contributed by atoms with Crippen LogP contribution in [0.4, 0.5) is 0 Å². The molecule has 1 N–H and O–H groups in total. The summed E-state index contributed by atoms with van der Waals surface area (Å²) in [7, 11) is 0. The van der Waals surface area contributed by atoms with Crippen molar-refractivity contribution in [3.05, 3.63) is 42.1 Å². The lowest BCUT2D eigenvalue weighted by atomic mass is 10.1. The summed E-state index contributed by atoms with van der Waals surface area (Å²) in [5.74, 6) is 0. The van der Waals surface area contributed by atoms with Crippen molar-refractivity contribution in [2.45, 2.75) is 0 Å². The van der Waals surface area contributed by atoms with Crippen molar-refractivity contribution in [2.75, 3.05) is 0 Å². The quantitative estimate of drug-likeness (QED) is 0.404. The zero-order valence-corrected chi connectivity index (χ0v) is 6.81. The number of nitrogens with zero attached hydrogens (tertiary/aromatic N) is 2. The monoisotopic (exact) mass is 171 g/mol. The summed E-state index contributed by atoms with van der Waals surface area (Å²) in [6.07, 6.45) is 3.01. The Hall–Kier alpha value is -1.90. The molecule has 2 aromatic rings. The third kappa shape index (κ3) is 1.49. The highest BCUT2D eigenvalue weighted by Gasteiger charge is 1.93. The van der Waals surface area contributed by atoms with E-state index in [4.69, 9.17) is 5.21 Å². The lowest BCUT2D eigenvalue weighted by molar-refractivity contribution is 0.322. The minimum Gasteiger partial charge on any atom is -0.411 e. The SMILES string of the molecule is ON=Cc1ccc2nc[c]cc2c1. The molecule has 1 heterocycles. The van der Waals surface area contributed by atoms with Crippen LogP contribution in [0.2, 0.25) is 0 Å². The molecule has 1 radical (unpaired) electrons. The van der Waals surface area contributed by atoms with Crippen LogP contribution in [0.5, 0.6) is 0 Å². The van der Waals surface area contributed by atoms with Crippen LogP contribution in [0.15, 0.2) is 35.6 Å². The molecule has 0 saturated carbocycles. The van der Waals surface area contributed by atoms with Crippen LogP contribution in [0, 0.1) is 6.07 Å². The molecule has 1 aromatic heterocycles. The van der Waals surface area contributed by atoms with Crippen molar-refractivity contribution in [1.82, 2.24) is 4.98 Å². The summed E-state index contributed by atoms with van der Waals surface area (Å²) in [6, 6.07) is 10.3. The maximum atomic E-state index is 8.34. The molecule has 3 nitrogen and oxygen atoms in total. The first-order valence-electron chi connectivity index (χ1n) is 3.83. The normalized spacial score (nSPS) is 11.1. The highest BCUT2D eigenvalue weighted by Crippen LogP contribution is 2.11. The first kappa shape index (κ1) is 7.73. The molecular formula is C10H7N2O. The highest BCUT2D eigenvalue weighted by atomic mass is 16.4. The van der Waals surface area contributed by atoms with Gasteiger partial charge < -0.3 is 5.21 Å². The second kappa shape index (κ2) is 3.23. The van der Waals surface area contributed by atoms with Gasteiger partial charge in [0.25, 0.3) is 0 Å². The van der Waals surface area contributed by atoms with Gasteiger partial charge in [-0.15, -0.1) is 0 Å². The van der Waals surface area contributed by atoms with E-state index in [0.29, 0.717) is 0 Å². The van der Waals surface area contributed by atoms with Gasteiger partial charge in [0, 0.05) is 17.6 Å². The highest BCUT2D eigenvalue weighted by molar-refractivity contribution is 5.88. The van der Waals surface area contributed by atoms with E-state index < -0.39 is 0 Å². The van der Waals surface area contributed by atoms with E-state index >= 15 is 0 Å². The minimum absolute atomic E-state index is 0.844. The number of fused-ring (bicyclic) bond motifs is 1. The molecule has 63 valence electrons. The average Bonchev–Trinajstić information content (AvgIpc) is 2.18. The van der Waals surface area contributed by atoms with E-state index in [9.17, 15) is 0 Å². The molecule has 1 aromatic carbocycles. The number of hydrogen-bond acceptors (Lipinski definition) is 3. The van der Waals surface area contributed by atoms with Crippen LogP contribution in [0.1, 0.15) is 5.56 Å². The molecule has 0 spiro atoms. The van der Waals surface area contributed by atoms with E-state index in [1.165, 1.54) is 6.21 Å². The molecule has 0 saturated heterocycles. The fourth-order valence-electron chi connectivity index (χ4n) is 1.19. The standard InChI is InChI=1S/C10H7N2O/c13-12-7-8-3-4-10-9(6-8)2-1-5-11-10/h2-7,13H. The van der Waals surface area contributed by atoms with E-state index in [2.05, 4.69) is 16.2 Å². The Kier molecular flexibility index (Phi) is 1.92. The number of oxime groups is 1. The van der Waals surface area contributed by atoms with Gasteiger partial charge in [0.2, 0.25) is 0 Å². The van der Waals surface area contributed by atoms with Gasteiger partial charge in [-0.1, -0.05) is 11.2 Å². The van der Waals surface area contributed by atoms with Gasteiger partial charge in [0.1, 0.15) is 0 Å². The van der Waals surface area contributed by atoms with Gasteiger partial charge >= 0.3 is 0 Å². The third-order valence-corrected chi connectivity index (χ3v) is 1.78. The summed E-state index contributed by atoms with van der Waals surface area (Å²) in [5.41, 5.74) is 1.75. The molecule has 2 rings (SSSR count). The summed E-state index contributed by atoms with van der Waals surface area (Å²) < 4.78 is 0. The summed E-state index contributed by atoms with van der Waals surface area (Å²) >= 11 is 0. The van der Waals surface area contributed by atoms with Crippen LogP contribution in [0.3, 0.4) is 0 Å². The Morgan fingerprint density at radius 3 is 3.23 bits per heavy atom. The van der Waals surface area contributed by atoms with E-state index in [-0.39, 0.29) is 0 Å². The summed E-state index contributed by atoms with van der Waals surface area (Å²) in [4.78, 5) is 4.12. The lowest BCUT2D eigenvalue weighted by Crippen LogP contribution is -1.82. The number of benzene rings is 1. The Labute approximate surface area is 75.3 Å². The molecule has 0 aliphatic heterocycles. The van der Waals surface area contributed by atoms with Crippen molar-refractivity contribution in [3.63, 3.8) is 0 Å². The molecule has 0 aliphatic carbocycles. The first-order chi connectivity index (χ1) is 6.40. The predicted molar refractivity (Wildman–Crippen MR) is 50.0 cm³/mol. The topological polar surface area (TPSA) is 45.5 Å². The molecule has 0 unspecified atom stereocenters. The molecule has 0 aliphatic rings. The Balaban J connectivity index is 2.62. The molecule has 0 fully saturated rings. The number of rotatable bonds is 1. The van der Waals surface area contributed by atoms with E-state index in [0.717, 1.165) is 16.5 Å². The Morgan fingerprint density at radius 1 is 1.46 bits per heavy atom. The fourth-order valence-corrected chi connectivity index (χ4v) is 1.19. The molecule has 3 heteroatoms. The van der Waals surface area contributed by atoms with Crippen LogP contribution in [-0.4, -0.2) is 16.4 Å². The van der Waals surface area contributed by atoms with Crippen LogP contribution >= 0.6 is 0 Å². The van der Waals surface area contributed by atoms with Gasteiger partial charge in [-0.25, -0.2) is 0 Å². The van der Waals surface area contributed by atoms with Gasteiger partial charge in [-0.05, 0) is 23.8 Å². The van der Waals surface area contributed by atoms with Gasteiger partial charge in [-0.3, -0.25) is 4.98 Å². The molecule has 13 heavy (non-hydrogen) atoms. The number of hydrogen-bond donors (Lipinski definition) is 1. The van der Waals surface area contributed by atoms with Crippen LogP contribution in [0.25, 0.3) is 10.9 Å². The van der Waals surface area contributed by atoms with Crippen molar-refractivity contribution < 1.29 is 5.21 Å². The zero-order chi connectivity index (χ0) is 9.10. The van der Waals surface area contributed by atoms with Crippen LogP contribution in [-0.2, 0) is 0 Å². The maximum Gasteiger partial charge on any atom is 0.0734 e. The van der Waals surface area contributed by atoms with Crippen molar-refractivity contribution in [1.29, 1.82) is 0 Å². The molecule has 0 amide bonds. The van der Waals surface area contributed by atoms with Gasteiger partial charge in [-0.2, -0.15) is 0 Å². The number of pyridine rings is 1. The smallest absolute Gasteiger partial charge is 0.0734 e. The summed E-state index contributed by atoms with van der Waals surface area (Å²) in [5, 5.41) is 12.3. The lowest BCUT2D eigenvalue weighted by Gasteiger charge is -1.96. The Bertz CT molecular complexity index is 451. The average molecular weight is 171 g/mol. The molecule has 0 bridgehead atoms. The number of aromatic nitrogens is 1. The minimum atomic E-state index is 0.844. The predicted octanol–water partition coefficient (Wildman–Crippen LogP) is 1.84. The first-order valence-corrected chi connectivity index (χ1v) is 3.83. The summed E-state index contributed by atoms with van der Waals surface area (Å²) in [6.45, 7) is 0. The Morgan fingerprint density at radius 2 is 2.38 bits per heavy atom. The fraction of sp³-hybridized carbons (Fsp3) is 0.